The Bertz CT molecular complexity index is 769. The fourth-order valence-electron chi connectivity index (χ4n) is 3.34. The summed E-state index contributed by atoms with van der Waals surface area (Å²) in [5.74, 6) is 0.139. The molecular weight excluding hydrogens is 353 g/mol. The van der Waals surface area contributed by atoms with Crippen LogP contribution in [0.2, 0.25) is 0 Å². The lowest BCUT2D eigenvalue weighted by atomic mass is 9.87. The molecule has 3 N–H and O–H groups in total. The van der Waals surface area contributed by atoms with Crippen LogP contribution in [0.1, 0.15) is 31.6 Å². The summed E-state index contributed by atoms with van der Waals surface area (Å²) in [6.45, 7) is 3.98. The van der Waals surface area contributed by atoms with E-state index in [0.717, 1.165) is 7.11 Å². The zero-order valence-corrected chi connectivity index (χ0v) is 15.1. The highest BCUT2D eigenvalue weighted by atomic mass is 31.2. The molecule has 0 aromatic carbocycles. The van der Waals surface area contributed by atoms with Crippen molar-refractivity contribution in [1.82, 2.24) is 9.55 Å². The summed E-state index contributed by atoms with van der Waals surface area (Å²) >= 11 is 0. The third-order valence-electron chi connectivity index (χ3n) is 4.81. The van der Waals surface area contributed by atoms with Crippen molar-refractivity contribution < 1.29 is 28.0 Å². The number of rotatable bonds is 5. The molecule has 2 aliphatic rings. The Hall–Kier alpha value is -1.29. The van der Waals surface area contributed by atoms with Crippen molar-refractivity contribution in [3.63, 3.8) is 0 Å². The number of nitrogens with zero attached hydrogens (tertiary/aromatic N) is 2. The molecule has 2 bridgehead atoms. The third-order valence-corrected chi connectivity index (χ3v) is 5.77. The zero-order valence-electron chi connectivity index (χ0n) is 14.2. The van der Waals surface area contributed by atoms with Crippen LogP contribution in [0.4, 0.5) is 5.82 Å². The first-order valence-electron chi connectivity index (χ1n) is 7.94. The van der Waals surface area contributed by atoms with Gasteiger partial charge in [-0.1, -0.05) is 6.92 Å². The molecule has 0 radical (unpaired) electrons. The maximum Gasteiger partial charge on any atom is 0.472 e. The molecule has 3 heterocycles. The second-order valence-corrected chi connectivity index (χ2v) is 7.70. The zero-order chi connectivity index (χ0) is 18.4. The quantitative estimate of drug-likeness (QED) is 0.714. The minimum atomic E-state index is -4.26. The number of anilines is 1. The van der Waals surface area contributed by atoms with Crippen LogP contribution in [0, 0.1) is 6.92 Å². The van der Waals surface area contributed by atoms with Crippen LogP contribution in [0.25, 0.3) is 0 Å². The lowest BCUT2D eigenvalue weighted by Gasteiger charge is -2.37. The Morgan fingerprint density at radius 3 is 2.96 bits per heavy atom. The lowest BCUT2D eigenvalue weighted by Crippen LogP contribution is -2.49. The predicted octanol–water partition coefficient (Wildman–Crippen LogP) is 0.732. The number of aryl methyl sites for hydroxylation is 1. The number of hydrogen-bond donors (Lipinski definition) is 2. The van der Waals surface area contributed by atoms with Crippen molar-refractivity contribution in [2.75, 3.05) is 19.5 Å². The van der Waals surface area contributed by atoms with Gasteiger partial charge in [-0.3, -0.25) is 13.6 Å². The Labute approximate surface area is 144 Å². The van der Waals surface area contributed by atoms with Crippen LogP contribution in [-0.4, -0.2) is 46.0 Å². The van der Waals surface area contributed by atoms with E-state index in [0.29, 0.717) is 25.0 Å². The average molecular weight is 375 g/mol. The Morgan fingerprint density at radius 2 is 2.32 bits per heavy atom. The summed E-state index contributed by atoms with van der Waals surface area (Å²) in [5.41, 5.74) is 4.83. The van der Waals surface area contributed by atoms with Gasteiger partial charge < -0.3 is 20.1 Å². The van der Waals surface area contributed by atoms with Crippen molar-refractivity contribution in [3.05, 3.63) is 22.2 Å². The Morgan fingerprint density at radius 1 is 1.60 bits per heavy atom. The van der Waals surface area contributed by atoms with Crippen LogP contribution in [0.15, 0.2) is 11.0 Å². The molecule has 3 unspecified atom stereocenters. The average Bonchev–Trinajstić information content (AvgIpc) is 2.73. The minimum Gasteiger partial charge on any atom is -0.383 e. The van der Waals surface area contributed by atoms with E-state index < -0.39 is 37.5 Å². The van der Waals surface area contributed by atoms with Gasteiger partial charge in [-0.05, 0) is 13.3 Å². The molecule has 3 rings (SSSR count). The van der Waals surface area contributed by atoms with Gasteiger partial charge >= 0.3 is 13.5 Å². The number of nitrogen functional groups attached to an aromatic ring is 1. The molecular formula is C14H22N3O7P. The number of phosphoric acid groups is 1. The largest absolute Gasteiger partial charge is 0.472 e. The molecule has 0 saturated carbocycles. The van der Waals surface area contributed by atoms with Crippen LogP contribution in [-0.2, 0) is 23.1 Å². The van der Waals surface area contributed by atoms with Gasteiger partial charge in [0, 0.05) is 25.3 Å². The van der Waals surface area contributed by atoms with E-state index in [9.17, 15) is 14.3 Å². The topological polar surface area (TPSA) is 135 Å². The number of ether oxygens (including phenoxy) is 2. The second kappa shape index (κ2) is 6.46. The van der Waals surface area contributed by atoms with Crippen molar-refractivity contribution in [3.8, 4) is 0 Å². The lowest BCUT2D eigenvalue weighted by molar-refractivity contribution is -0.120. The molecule has 0 aliphatic carbocycles. The molecule has 10 nitrogen and oxygen atoms in total. The molecule has 0 spiro atoms. The van der Waals surface area contributed by atoms with E-state index >= 15 is 0 Å². The second-order valence-electron chi connectivity index (χ2n) is 6.19. The third kappa shape index (κ3) is 3.14. The molecule has 2 saturated heterocycles. The summed E-state index contributed by atoms with van der Waals surface area (Å²) in [7, 11) is -3.18. The Balaban J connectivity index is 2.02. The molecule has 1 aromatic heterocycles. The van der Waals surface area contributed by atoms with E-state index in [-0.39, 0.29) is 5.82 Å². The normalized spacial score (nSPS) is 34.0. The van der Waals surface area contributed by atoms with Crippen molar-refractivity contribution >= 4 is 13.6 Å². The number of hydrogen-bond acceptors (Lipinski definition) is 8. The maximum atomic E-state index is 12.3. The van der Waals surface area contributed by atoms with E-state index in [1.165, 1.54) is 10.8 Å². The first-order valence-corrected chi connectivity index (χ1v) is 9.44. The van der Waals surface area contributed by atoms with E-state index in [1.807, 2.05) is 6.92 Å². The molecule has 2 aliphatic heterocycles. The van der Waals surface area contributed by atoms with Crippen molar-refractivity contribution in [2.45, 2.75) is 50.7 Å². The summed E-state index contributed by atoms with van der Waals surface area (Å²) < 4.78 is 35.0. The van der Waals surface area contributed by atoms with Crippen LogP contribution in [0.3, 0.4) is 0 Å². The van der Waals surface area contributed by atoms with Gasteiger partial charge in [-0.2, -0.15) is 4.98 Å². The SMILES string of the molecule is CC[C@]12CCOC(C1OP(=O)(O)OC)[C@H](n1cc(C)c(N)nc1=O)O2. The molecule has 140 valence electrons. The van der Waals surface area contributed by atoms with E-state index in [1.54, 1.807) is 6.92 Å². The number of fused-ring (bicyclic) bond motifs is 2. The van der Waals surface area contributed by atoms with E-state index in [4.69, 9.17) is 19.7 Å². The monoisotopic (exact) mass is 375 g/mol. The molecule has 0 amide bonds. The van der Waals surface area contributed by atoms with Crippen LogP contribution < -0.4 is 11.4 Å². The summed E-state index contributed by atoms with van der Waals surface area (Å²) in [5, 5.41) is 0. The van der Waals surface area contributed by atoms with Gasteiger partial charge in [0.05, 0.1) is 6.61 Å². The molecule has 2 fully saturated rings. The number of phosphoric ester groups is 1. The van der Waals surface area contributed by atoms with Crippen molar-refractivity contribution in [2.24, 2.45) is 0 Å². The highest BCUT2D eigenvalue weighted by molar-refractivity contribution is 7.47. The first-order chi connectivity index (χ1) is 11.7. The fourth-order valence-corrected chi connectivity index (χ4v) is 4.03. The van der Waals surface area contributed by atoms with Gasteiger partial charge in [0.2, 0.25) is 0 Å². The van der Waals surface area contributed by atoms with Gasteiger partial charge in [-0.15, -0.1) is 0 Å². The Kier molecular flexibility index (Phi) is 4.78. The van der Waals surface area contributed by atoms with Gasteiger partial charge in [0.1, 0.15) is 23.6 Å². The molecule has 1 aromatic rings. The fraction of sp³-hybridized carbons (Fsp3) is 0.714. The molecule has 11 heteroatoms. The minimum absolute atomic E-state index is 0.139. The number of nitrogens with two attached hydrogens (primary N) is 1. The highest BCUT2D eigenvalue weighted by Crippen LogP contribution is 2.54. The summed E-state index contributed by atoms with van der Waals surface area (Å²) in [6, 6.07) is 0. The van der Waals surface area contributed by atoms with Gasteiger partial charge in [0.25, 0.3) is 0 Å². The van der Waals surface area contributed by atoms with Crippen molar-refractivity contribution in [1.29, 1.82) is 0 Å². The highest BCUT2D eigenvalue weighted by Gasteiger charge is 2.60. The summed E-state index contributed by atoms with van der Waals surface area (Å²) in [4.78, 5) is 25.8. The van der Waals surface area contributed by atoms with E-state index in [2.05, 4.69) is 9.51 Å². The predicted molar refractivity (Wildman–Crippen MR) is 86.9 cm³/mol. The summed E-state index contributed by atoms with van der Waals surface area (Å²) in [6.07, 6.45) is 0.0380. The first kappa shape index (κ1) is 18.5. The molecule has 5 atom stereocenters. The maximum absolute atomic E-state index is 12.3. The van der Waals surface area contributed by atoms with Gasteiger partial charge in [-0.25, -0.2) is 9.36 Å². The molecule has 25 heavy (non-hydrogen) atoms. The van der Waals surface area contributed by atoms with Crippen LogP contribution in [0.5, 0.6) is 0 Å². The smallest absolute Gasteiger partial charge is 0.383 e. The van der Waals surface area contributed by atoms with Crippen LogP contribution >= 0.6 is 7.82 Å². The standard InChI is InChI=1S/C14H22N3O7P/c1-4-14-5-6-22-9(10(14)24-25(19,20)21-3)12(23-14)17-7-8(2)11(15)16-13(17)18/h7,9-10,12H,4-6H2,1-3H3,(H,19,20)(H2,15,16,18)/t9?,10?,12-,14+/m1/s1. The van der Waals surface area contributed by atoms with Gasteiger partial charge in [0.15, 0.2) is 6.23 Å². The number of aromatic nitrogens is 2.